The van der Waals surface area contributed by atoms with E-state index in [0.29, 0.717) is 11.6 Å². The van der Waals surface area contributed by atoms with E-state index < -0.39 is 0 Å². The predicted molar refractivity (Wildman–Crippen MR) is 95.4 cm³/mol. The number of halogens is 1. The minimum absolute atomic E-state index is 0.680. The molecule has 0 aliphatic carbocycles. The monoisotopic (exact) mass is 335 g/mol. The van der Waals surface area contributed by atoms with Crippen molar-refractivity contribution in [3.05, 3.63) is 78.1 Å². The lowest BCUT2D eigenvalue weighted by Crippen LogP contribution is -2.02. The van der Waals surface area contributed by atoms with Crippen LogP contribution in [0.2, 0.25) is 5.02 Å². The van der Waals surface area contributed by atoms with Gasteiger partial charge in [-0.25, -0.2) is 9.97 Å². The second-order valence-corrected chi connectivity index (χ2v) is 5.80. The number of anilines is 1. The third kappa shape index (κ3) is 2.94. The number of imidazole rings is 1. The fourth-order valence-electron chi connectivity index (χ4n) is 2.54. The van der Waals surface area contributed by atoms with E-state index in [1.807, 2.05) is 47.3 Å². The lowest BCUT2D eigenvalue weighted by molar-refractivity contribution is 0.979. The van der Waals surface area contributed by atoms with Gasteiger partial charge in [0.1, 0.15) is 12.1 Å². The Morgan fingerprint density at radius 3 is 2.79 bits per heavy atom. The van der Waals surface area contributed by atoms with Crippen LogP contribution < -0.4 is 5.32 Å². The van der Waals surface area contributed by atoms with Gasteiger partial charge in [0.15, 0.2) is 0 Å². The number of benzene rings is 1. The van der Waals surface area contributed by atoms with Gasteiger partial charge in [0.2, 0.25) is 0 Å². The Labute approximate surface area is 144 Å². The highest BCUT2D eigenvalue weighted by molar-refractivity contribution is 6.31. The Kier molecular flexibility index (Phi) is 3.84. The molecule has 0 spiro atoms. The number of aromatic nitrogens is 4. The number of nitrogens with one attached hydrogen (secondary N) is 1. The van der Waals surface area contributed by atoms with E-state index in [2.05, 4.69) is 26.3 Å². The van der Waals surface area contributed by atoms with E-state index in [1.54, 1.807) is 18.7 Å². The Morgan fingerprint density at radius 2 is 2.00 bits per heavy atom. The van der Waals surface area contributed by atoms with Gasteiger partial charge >= 0.3 is 0 Å². The van der Waals surface area contributed by atoms with E-state index in [4.69, 9.17) is 11.6 Å². The maximum atomic E-state index is 6.03. The topological polar surface area (TPSA) is 55.6 Å². The number of fused-ring (bicyclic) bond motifs is 1. The summed E-state index contributed by atoms with van der Waals surface area (Å²) in [5, 5.41) is 5.17. The largest absolute Gasteiger partial charge is 0.380 e. The van der Waals surface area contributed by atoms with Crippen molar-refractivity contribution >= 4 is 28.2 Å². The lowest BCUT2D eigenvalue weighted by Gasteiger charge is -2.10. The summed E-state index contributed by atoms with van der Waals surface area (Å²) in [5.41, 5.74) is 2.99. The van der Waals surface area contributed by atoms with Gasteiger partial charge in [-0.3, -0.25) is 9.55 Å². The molecule has 4 rings (SSSR count). The molecular weight excluding hydrogens is 322 g/mol. The molecule has 0 amide bonds. The number of nitrogens with zero attached hydrogens (tertiary/aromatic N) is 4. The summed E-state index contributed by atoms with van der Waals surface area (Å²) in [6.45, 7) is 0.680. The standard InChI is InChI=1S/C18H14ClN5/c19-14-2-3-15-16(5-6-21-17(15)9-14)22-10-13-1-4-18(23-11-13)24-8-7-20-12-24/h1-9,11-12H,10H2,(H,21,22). The Bertz CT molecular complexity index is 965. The molecule has 4 aromatic rings. The zero-order valence-corrected chi connectivity index (χ0v) is 13.5. The molecule has 0 aliphatic rings. The average molecular weight is 336 g/mol. The lowest BCUT2D eigenvalue weighted by atomic mass is 10.2. The molecular formula is C18H14ClN5. The molecule has 24 heavy (non-hydrogen) atoms. The first-order valence-corrected chi connectivity index (χ1v) is 7.89. The first kappa shape index (κ1) is 14.7. The molecule has 0 atom stereocenters. The molecule has 6 heteroatoms. The zero-order valence-electron chi connectivity index (χ0n) is 12.7. The highest BCUT2D eigenvalue weighted by atomic mass is 35.5. The van der Waals surface area contributed by atoms with Crippen LogP contribution in [0.5, 0.6) is 0 Å². The molecule has 1 N–H and O–H groups in total. The van der Waals surface area contributed by atoms with Crippen LogP contribution in [0.1, 0.15) is 5.56 Å². The van der Waals surface area contributed by atoms with Crippen molar-refractivity contribution < 1.29 is 0 Å². The second-order valence-electron chi connectivity index (χ2n) is 5.37. The number of pyridine rings is 2. The van der Waals surface area contributed by atoms with Gasteiger partial charge in [-0.1, -0.05) is 17.7 Å². The molecule has 0 unspecified atom stereocenters. The molecule has 3 heterocycles. The van der Waals surface area contributed by atoms with Crippen LogP contribution in [-0.2, 0) is 6.54 Å². The van der Waals surface area contributed by atoms with Gasteiger partial charge in [-0.15, -0.1) is 0 Å². The molecule has 5 nitrogen and oxygen atoms in total. The first-order chi connectivity index (χ1) is 11.8. The molecule has 0 radical (unpaired) electrons. The van der Waals surface area contributed by atoms with Crippen molar-refractivity contribution in [3.63, 3.8) is 0 Å². The molecule has 118 valence electrons. The number of hydrogen-bond acceptors (Lipinski definition) is 4. The van der Waals surface area contributed by atoms with Crippen LogP contribution in [0.15, 0.2) is 67.5 Å². The summed E-state index contributed by atoms with van der Waals surface area (Å²) in [4.78, 5) is 12.8. The van der Waals surface area contributed by atoms with Crippen molar-refractivity contribution in [1.82, 2.24) is 19.5 Å². The van der Waals surface area contributed by atoms with Crippen molar-refractivity contribution in [1.29, 1.82) is 0 Å². The van der Waals surface area contributed by atoms with Crippen LogP contribution >= 0.6 is 11.6 Å². The van der Waals surface area contributed by atoms with Gasteiger partial charge in [-0.05, 0) is 35.9 Å². The van der Waals surface area contributed by atoms with Crippen LogP contribution in [0.25, 0.3) is 16.7 Å². The van der Waals surface area contributed by atoms with Crippen LogP contribution in [0.4, 0.5) is 5.69 Å². The average Bonchev–Trinajstić information content (AvgIpc) is 3.14. The SMILES string of the molecule is Clc1ccc2c(NCc3ccc(-n4ccnc4)nc3)ccnc2c1. The highest BCUT2D eigenvalue weighted by Crippen LogP contribution is 2.24. The first-order valence-electron chi connectivity index (χ1n) is 7.51. The molecule has 0 bridgehead atoms. The summed E-state index contributed by atoms with van der Waals surface area (Å²) < 4.78 is 1.87. The zero-order chi connectivity index (χ0) is 16.4. The molecule has 0 fully saturated rings. The molecule has 0 aliphatic heterocycles. The third-order valence-corrected chi connectivity index (χ3v) is 4.00. The summed E-state index contributed by atoms with van der Waals surface area (Å²) in [5.74, 6) is 0.847. The Hall–Kier alpha value is -2.92. The maximum Gasteiger partial charge on any atom is 0.137 e. The van der Waals surface area contributed by atoms with Crippen LogP contribution in [0.3, 0.4) is 0 Å². The van der Waals surface area contributed by atoms with E-state index in [-0.39, 0.29) is 0 Å². The highest BCUT2D eigenvalue weighted by Gasteiger charge is 2.03. The summed E-state index contributed by atoms with van der Waals surface area (Å²) in [6, 6.07) is 11.7. The second kappa shape index (κ2) is 6.29. The van der Waals surface area contributed by atoms with Gasteiger partial charge in [0.05, 0.1) is 5.52 Å². The predicted octanol–water partition coefficient (Wildman–Crippen LogP) is 4.08. The summed E-state index contributed by atoms with van der Waals surface area (Å²) in [7, 11) is 0. The van der Waals surface area contributed by atoms with Crippen molar-refractivity contribution in [3.8, 4) is 5.82 Å². The third-order valence-electron chi connectivity index (χ3n) is 3.77. The smallest absolute Gasteiger partial charge is 0.137 e. The van der Waals surface area contributed by atoms with Crippen molar-refractivity contribution in [2.75, 3.05) is 5.32 Å². The summed E-state index contributed by atoms with van der Waals surface area (Å²) >= 11 is 6.03. The molecule has 1 aromatic carbocycles. The molecule has 3 aromatic heterocycles. The van der Waals surface area contributed by atoms with Crippen LogP contribution in [-0.4, -0.2) is 19.5 Å². The van der Waals surface area contributed by atoms with Crippen LogP contribution in [0, 0.1) is 0 Å². The van der Waals surface area contributed by atoms with E-state index in [0.717, 1.165) is 28.0 Å². The van der Waals surface area contributed by atoms with Gasteiger partial charge in [0, 0.05) is 47.4 Å². The van der Waals surface area contributed by atoms with E-state index >= 15 is 0 Å². The Morgan fingerprint density at radius 1 is 1.04 bits per heavy atom. The minimum atomic E-state index is 0.680. The fraction of sp³-hybridized carbons (Fsp3) is 0.0556. The Balaban J connectivity index is 1.53. The molecule has 0 saturated carbocycles. The summed E-state index contributed by atoms with van der Waals surface area (Å²) in [6.07, 6.45) is 8.98. The fourth-order valence-corrected chi connectivity index (χ4v) is 2.71. The normalized spacial score (nSPS) is 10.9. The number of rotatable bonds is 4. The van der Waals surface area contributed by atoms with E-state index in [9.17, 15) is 0 Å². The van der Waals surface area contributed by atoms with Gasteiger partial charge in [-0.2, -0.15) is 0 Å². The number of hydrogen-bond donors (Lipinski definition) is 1. The molecule has 0 saturated heterocycles. The van der Waals surface area contributed by atoms with Gasteiger partial charge < -0.3 is 5.32 Å². The quantitative estimate of drug-likeness (QED) is 0.610. The van der Waals surface area contributed by atoms with E-state index in [1.165, 1.54) is 0 Å². The maximum absolute atomic E-state index is 6.03. The van der Waals surface area contributed by atoms with Crippen molar-refractivity contribution in [2.24, 2.45) is 0 Å². The minimum Gasteiger partial charge on any atom is -0.380 e. The van der Waals surface area contributed by atoms with Crippen molar-refractivity contribution in [2.45, 2.75) is 6.54 Å². The van der Waals surface area contributed by atoms with Gasteiger partial charge in [0.25, 0.3) is 0 Å².